The number of carbonyl (C=O) groups excluding carboxylic acids is 1. The van der Waals surface area contributed by atoms with Gasteiger partial charge in [0.05, 0.1) is 38.8 Å². The lowest BCUT2D eigenvalue weighted by Crippen LogP contribution is -2.25. The Morgan fingerprint density at radius 1 is 1.38 bits per heavy atom. The fourth-order valence-corrected chi connectivity index (χ4v) is 4.44. The number of aromatic nitrogens is 4. The molecular weight excluding hydrogens is 401 g/mol. The maximum Gasteiger partial charge on any atom is 0.356 e. The summed E-state index contributed by atoms with van der Waals surface area (Å²) >= 11 is 0. The second-order valence-corrected chi connectivity index (χ2v) is 8.84. The van der Waals surface area contributed by atoms with Gasteiger partial charge in [-0.2, -0.15) is 0 Å². The van der Waals surface area contributed by atoms with Gasteiger partial charge in [0.15, 0.2) is 11.5 Å². The van der Waals surface area contributed by atoms with Crippen LogP contribution in [0, 0.1) is 5.92 Å². The maximum atomic E-state index is 12.7. The number of nitrogens with two attached hydrogens (primary N) is 1. The van der Waals surface area contributed by atoms with Gasteiger partial charge in [0, 0.05) is 12.3 Å². The molecule has 1 aliphatic heterocycles. The van der Waals surface area contributed by atoms with Crippen LogP contribution in [0.3, 0.4) is 0 Å². The van der Waals surface area contributed by atoms with Gasteiger partial charge in [0.2, 0.25) is 0 Å². The van der Waals surface area contributed by atoms with Crippen LogP contribution in [0.4, 0.5) is 5.82 Å². The summed E-state index contributed by atoms with van der Waals surface area (Å²) in [4.78, 5) is 23.7. The van der Waals surface area contributed by atoms with Gasteiger partial charge < -0.3 is 28.8 Å². The van der Waals surface area contributed by atoms with E-state index in [1.807, 2.05) is 6.92 Å². The quantitative estimate of drug-likeness (QED) is 0.466. The Morgan fingerprint density at radius 3 is 2.86 bits per heavy atom. The third-order valence-corrected chi connectivity index (χ3v) is 6.03. The number of ether oxygens (including phenoxy) is 2. The Hall–Kier alpha value is -2.07. The lowest BCUT2D eigenvalue weighted by molar-refractivity contribution is -0.143. The van der Waals surface area contributed by atoms with E-state index in [0.29, 0.717) is 36.6 Å². The molecule has 0 unspecified atom stereocenters. The maximum absolute atomic E-state index is 12.7. The molecule has 1 aliphatic rings. The van der Waals surface area contributed by atoms with Crippen molar-refractivity contribution in [1.29, 1.82) is 0 Å². The number of rotatable bonds is 9. The Morgan fingerprint density at radius 2 is 2.14 bits per heavy atom. The highest BCUT2D eigenvalue weighted by molar-refractivity contribution is 7.53. The van der Waals surface area contributed by atoms with Gasteiger partial charge in [-0.3, -0.25) is 9.36 Å². The highest BCUT2D eigenvalue weighted by Crippen LogP contribution is 2.52. The first-order chi connectivity index (χ1) is 13.9. The lowest BCUT2D eigenvalue weighted by atomic mass is 10.1. The van der Waals surface area contributed by atoms with Gasteiger partial charge in [-0.25, -0.2) is 15.0 Å². The van der Waals surface area contributed by atoms with Crippen molar-refractivity contribution in [2.24, 2.45) is 5.92 Å². The van der Waals surface area contributed by atoms with Gasteiger partial charge in [-0.05, 0) is 20.3 Å². The molecule has 0 bridgehead atoms. The molecular formula is C17H26N5O6P. The molecule has 2 aromatic heterocycles. The van der Waals surface area contributed by atoms with E-state index in [9.17, 15) is 9.36 Å². The summed E-state index contributed by atoms with van der Waals surface area (Å²) in [6.45, 7) is 4.92. The number of anilines is 1. The Balaban J connectivity index is 1.44. The van der Waals surface area contributed by atoms with E-state index in [1.54, 1.807) is 17.8 Å². The minimum atomic E-state index is -3.32. The summed E-state index contributed by atoms with van der Waals surface area (Å²) in [5.41, 5.74) is 6.92. The summed E-state index contributed by atoms with van der Waals surface area (Å²) in [6, 6.07) is 0. The largest absolute Gasteiger partial charge is 0.466 e. The van der Waals surface area contributed by atoms with Crippen molar-refractivity contribution in [2.75, 3.05) is 31.9 Å². The minimum Gasteiger partial charge on any atom is -0.466 e. The number of carbonyl (C=O) groups is 1. The molecule has 1 saturated heterocycles. The zero-order chi connectivity index (χ0) is 20.9. The molecule has 0 spiro atoms. The number of hydrogen-bond donors (Lipinski definition) is 1. The lowest BCUT2D eigenvalue weighted by Gasteiger charge is -2.29. The zero-order valence-corrected chi connectivity index (χ0v) is 17.4. The van der Waals surface area contributed by atoms with Gasteiger partial charge in [0.1, 0.15) is 18.2 Å². The van der Waals surface area contributed by atoms with Crippen LogP contribution in [0.25, 0.3) is 11.2 Å². The van der Waals surface area contributed by atoms with Crippen LogP contribution in [-0.4, -0.2) is 57.8 Å². The van der Waals surface area contributed by atoms with Crippen LogP contribution in [0.5, 0.6) is 0 Å². The van der Waals surface area contributed by atoms with Crippen molar-refractivity contribution in [3.8, 4) is 0 Å². The topological polar surface area (TPSA) is 141 Å². The Bertz CT molecular complexity index is 878. The molecule has 160 valence electrons. The van der Waals surface area contributed by atoms with E-state index in [0.717, 1.165) is 0 Å². The summed E-state index contributed by atoms with van der Waals surface area (Å²) in [6.07, 6.45) is 3.40. The molecule has 2 N–H and O–H groups in total. The van der Waals surface area contributed by atoms with Crippen LogP contribution >= 0.6 is 7.60 Å². The Labute approximate surface area is 168 Å². The molecule has 3 rings (SSSR count). The molecule has 11 nitrogen and oxygen atoms in total. The smallest absolute Gasteiger partial charge is 0.356 e. The number of nitrogens with zero attached hydrogens (tertiary/aromatic N) is 4. The third kappa shape index (κ3) is 5.72. The van der Waals surface area contributed by atoms with E-state index in [4.69, 9.17) is 24.3 Å². The Kier molecular flexibility index (Phi) is 7.18. The predicted octanol–water partition coefficient (Wildman–Crippen LogP) is 1.97. The predicted molar refractivity (Wildman–Crippen MR) is 104 cm³/mol. The van der Waals surface area contributed by atoms with Crippen molar-refractivity contribution in [2.45, 2.75) is 39.3 Å². The molecule has 0 amide bonds. The molecule has 12 heteroatoms. The monoisotopic (exact) mass is 427 g/mol. The standard InChI is InChI=1S/C17H26N5O6P/c1-3-25-14(23)5-4-13-7-27-29(24,28-8-13)11-26-12(2)6-22-10-21-15-16(18)19-9-20-17(15)22/h9-10,12-13H,3-8,11H2,1-2H3,(H2,18,19,20)/t12-,13?,29?/m1/s1. The molecule has 1 fully saturated rings. The summed E-state index contributed by atoms with van der Waals surface area (Å²) in [5, 5.41) is 0. The first-order valence-electron chi connectivity index (χ1n) is 9.47. The summed E-state index contributed by atoms with van der Waals surface area (Å²) < 4.78 is 35.9. The molecule has 2 aromatic rings. The number of imidazole rings is 1. The normalized spacial score (nSPS) is 23.2. The fraction of sp³-hybridized carbons (Fsp3) is 0.647. The molecule has 0 aromatic carbocycles. The van der Waals surface area contributed by atoms with E-state index in [2.05, 4.69) is 15.0 Å². The third-order valence-electron chi connectivity index (χ3n) is 4.48. The van der Waals surface area contributed by atoms with Gasteiger partial charge in [0.25, 0.3) is 0 Å². The van der Waals surface area contributed by atoms with Crippen LogP contribution < -0.4 is 5.73 Å². The van der Waals surface area contributed by atoms with Crippen LogP contribution in [-0.2, 0) is 34.4 Å². The number of esters is 1. The van der Waals surface area contributed by atoms with Crippen molar-refractivity contribution >= 4 is 30.5 Å². The molecule has 0 saturated carbocycles. The number of fused-ring (bicyclic) bond motifs is 1. The minimum absolute atomic E-state index is 0.00126. The van der Waals surface area contributed by atoms with Gasteiger partial charge in [-0.15, -0.1) is 0 Å². The summed E-state index contributed by atoms with van der Waals surface area (Å²) in [5.74, 6) is 0.0621. The molecule has 29 heavy (non-hydrogen) atoms. The van der Waals surface area contributed by atoms with Crippen molar-refractivity contribution in [3.63, 3.8) is 0 Å². The SMILES string of the molecule is CCOC(=O)CCC1COP(=O)(CO[C@H](C)Cn2cnc3c(N)ncnc32)OC1. The molecule has 1 atom stereocenters. The highest BCUT2D eigenvalue weighted by Gasteiger charge is 2.33. The molecule has 0 radical (unpaired) electrons. The first kappa shape index (κ1) is 21.6. The van der Waals surface area contributed by atoms with E-state index in [-0.39, 0.29) is 44.0 Å². The molecule has 3 heterocycles. The van der Waals surface area contributed by atoms with E-state index >= 15 is 0 Å². The second kappa shape index (κ2) is 9.62. The van der Waals surface area contributed by atoms with Crippen LogP contribution in [0.15, 0.2) is 12.7 Å². The number of nitrogen functional groups attached to an aromatic ring is 1. The average Bonchev–Trinajstić information content (AvgIpc) is 3.11. The van der Waals surface area contributed by atoms with Crippen LogP contribution in [0.1, 0.15) is 26.7 Å². The van der Waals surface area contributed by atoms with Crippen molar-refractivity contribution in [1.82, 2.24) is 19.5 Å². The van der Waals surface area contributed by atoms with Crippen molar-refractivity contribution in [3.05, 3.63) is 12.7 Å². The number of hydrogen-bond acceptors (Lipinski definition) is 10. The van der Waals surface area contributed by atoms with E-state index in [1.165, 1.54) is 6.33 Å². The molecule has 0 aliphatic carbocycles. The first-order valence-corrected chi connectivity index (χ1v) is 11.2. The summed E-state index contributed by atoms with van der Waals surface area (Å²) in [7, 11) is -3.32. The van der Waals surface area contributed by atoms with E-state index < -0.39 is 7.60 Å². The van der Waals surface area contributed by atoms with Crippen molar-refractivity contribution < 1.29 is 27.9 Å². The van der Waals surface area contributed by atoms with Crippen LogP contribution in [0.2, 0.25) is 0 Å². The van der Waals surface area contributed by atoms with Gasteiger partial charge >= 0.3 is 13.6 Å². The van der Waals surface area contributed by atoms with Gasteiger partial charge in [-0.1, -0.05) is 0 Å². The zero-order valence-electron chi connectivity index (χ0n) is 16.5. The highest BCUT2D eigenvalue weighted by atomic mass is 31.2. The second-order valence-electron chi connectivity index (χ2n) is 6.85. The fourth-order valence-electron chi connectivity index (χ4n) is 2.90. The average molecular weight is 427 g/mol.